The summed E-state index contributed by atoms with van der Waals surface area (Å²) in [6, 6.07) is 8.98. The minimum absolute atomic E-state index is 0.0299. The van der Waals surface area contributed by atoms with Crippen LogP contribution in [0, 0.1) is 11.6 Å². The lowest BCUT2D eigenvalue weighted by molar-refractivity contribution is 0.567. The first kappa shape index (κ1) is 15.6. The maximum atomic E-state index is 13.4. The van der Waals surface area contributed by atoms with E-state index in [-0.39, 0.29) is 23.5 Å². The van der Waals surface area contributed by atoms with Crippen LogP contribution in [0.4, 0.5) is 8.78 Å². The molecule has 0 fully saturated rings. The van der Waals surface area contributed by atoms with E-state index in [4.69, 9.17) is 5.73 Å². The van der Waals surface area contributed by atoms with Crippen LogP contribution in [0.3, 0.4) is 0 Å². The summed E-state index contributed by atoms with van der Waals surface area (Å²) in [6.07, 6.45) is 0. The van der Waals surface area contributed by atoms with Crippen molar-refractivity contribution in [2.24, 2.45) is 5.73 Å². The lowest BCUT2D eigenvalue weighted by Gasteiger charge is -2.09. The molecule has 0 aliphatic rings. The van der Waals surface area contributed by atoms with Crippen LogP contribution in [0.2, 0.25) is 0 Å². The van der Waals surface area contributed by atoms with E-state index in [1.165, 1.54) is 12.1 Å². The van der Waals surface area contributed by atoms with Crippen molar-refractivity contribution in [1.29, 1.82) is 0 Å². The van der Waals surface area contributed by atoms with Crippen LogP contribution in [-0.4, -0.2) is 8.42 Å². The van der Waals surface area contributed by atoms with Gasteiger partial charge in [-0.15, -0.1) is 0 Å². The number of sulfonamides is 1. The molecule has 3 N–H and O–H groups in total. The topological polar surface area (TPSA) is 72.2 Å². The summed E-state index contributed by atoms with van der Waals surface area (Å²) in [7, 11) is -3.82. The number of nitrogens with one attached hydrogen (secondary N) is 1. The van der Waals surface area contributed by atoms with Crippen molar-refractivity contribution >= 4 is 10.0 Å². The van der Waals surface area contributed by atoms with Crippen molar-refractivity contribution in [3.05, 3.63) is 65.2 Å². The Morgan fingerprint density at radius 2 is 1.86 bits per heavy atom. The van der Waals surface area contributed by atoms with Gasteiger partial charge in [-0.1, -0.05) is 12.1 Å². The highest BCUT2D eigenvalue weighted by Crippen LogP contribution is 2.14. The summed E-state index contributed by atoms with van der Waals surface area (Å²) < 4.78 is 52.9. The average Bonchev–Trinajstić information content (AvgIpc) is 2.48. The first-order chi connectivity index (χ1) is 9.92. The third-order valence-corrected chi connectivity index (χ3v) is 4.30. The molecule has 0 unspecified atom stereocenters. The quantitative estimate of drug-likeness (QED) is 0.886. The Balaban J connectivity index is 2.19. The van der Waals surface area contributed by atoms with Gasteiger partial charge in [0.05, 0.1) is 4.90 Å². The molecular formula is C14H14F2N2O2S. The van der Waals surface area contributed by atoms with Crippen LogP contribution < -0.4 is 10.5 Å². The van der Waals surface area contributed by atoms with E-state index < -0.39 is 21.7 Å². The van der Waals surface area contributed by atoms with Gasteiger partial charge in [0.1, 0.15) is 11.6 Å². The van der Waals surface area contributed by atoms with Crippen molar-refractivity contribution in [2.75, 3.05) is 0 Å². The van der Waals surface area contributed by atoms with Gasteiger partial charge in [-0.2, -0.15) is 0 Å². The summed E-state index contributed by atoms with van der Waals surface area (Å²) in [5.74, 6) is -1.30. The molecule has 0 spiro atoms. The predicted molar refractivity (Wildman–Crippen MR) is 74.7 cm³/mol. The van der Waals surface area contributed by atoms with Crippen LogP contribution in [-0.2, 0) is 23.1 Å². The zero-order valence-corrected chi connectivity index (χ0v) is 11.8. The van der Waals surface area contributed by atoms with Crippen molar-refractivity contribution in [3.63, 3.8) is 0 Å². The molecule has 2 rings (SSSR count). The van der Waals surface area contributed by atoms with Crippen molar-refractivity contribution in [2.45, 2.75) is 18.0 Å². The molecule has 0 aromatic heterocycles. The number of rotatable bonds is 5. The van der Waals surface area contributed by atoms with E-state index in [9.17, 15) is 17.2 Å². The lowest BCUT2D eigenvalue weighted by atomic mass is 10.2. The van der Waals surface area contributed by atoms with E-state index >= 15 is 0 Å². The Bertz CT molecular complexity index is 748. The first-order valence-corrected chi connectivity index (χ1v) is 7.63. The summed E-state index contributed by atoms with van der Waals surface area (Å²) in [5.41, 5.74) is 6.06. The zero-order chi connectivity index (χ0) is 15.5. The average molecular weight is 312 g/mol. The molecule has 0 radical (unpaired) electrons. The second kappa shape index (κ2) is 6.30. The predicted octanol–water partition coefficient (Wildman–Crippen LogP) is 1.90. The Morgan fingerprint density at radius 3 is 2.57 bits per heavy atom. The summed E-state index contributed by atoms with van der Waals surface area (Å²) >= 11 is 0. The minimum Gasteiger partial charge on any atom is -0.326 e. The van der Waals surface area contributed by atoms with Crippen LogP contribution >= 0.6 is 0 Å². The van der Waals surface area contributed by atoms with Crippen LogP contribution in [0.1, 0.15) is 11.1 Å². The van der Waals surface area contributed by atoms with E-state index in [1.807, 2.05) is 0 Å². The van der Waals surface area contributed by atoms with Crippen LogP contribution in [0.25, 0.3) is 0 Å². The van der Waals surface area contributed by atoms with Gasteiger partial charge < -0.3 is 5.73 Å². The Morgan fingerprint density at radius 1 is 1.10 bits per heavy atom. The molecule has 4 nitrogen and oxygen atoms in total. The Hall–Kier alpha value is -1.83. The van der Waals surface area contributed by atoms with Gasteiger partial charge in [0, 0.05) is 18.7 Å². The largest absolute Gasteiger partial charge is 0.326 e. The zero-order valence-electron chi connectivity index (χ0n) is 11.0. The number of benzene rings is 2. The normalized spacial score (nSPS) is 11.6. The summed E-state index contributed by atoms with van der Waals surface area (Å²) in [4.78, 5) is 0.0299. The van der Waals surface area contributed by atoms with E-state index in [1.54, 1.807) is 12.1 Å². The highest BCUT2D eigenvalue weighted by molar-refractivity contribution is 7.89. The van der Waals surface area contributed by atoms with Crippen LogP contribution in [0.5, 0.6) is 0 Å². The fourth-order valence-corrected chi connectivity index (χ4v) is 2.85. The van der Waals surface area contributed by atoms with Gasteiger partial charge in [-0.05, 0) is 35.9 Å². The number of hydrogen-bond donors (Lipinski definition) is 2. The molecule has 0 bridgehead atoms. The van der Waals surface area contributed by atoms with E-state index in [0.29, 0.717) is 5.56 Å². The van der Waals surface area contributed by atoms with E-state index in [2.05, 4.69) is 4.72 Å². The molecule has 0 atom stereocenters. The summed E-state index contributed by atoms with van der Waals surface area (Å²) in [5, 5.41) is 0. The second-order valence-electron chi connectivity index (χ2n) is 4.41. The molecule has 0 saturated carbocycles. The third-order valence-electron chi connectivity index (χ3n) is 2.90. The lowest BCUT2D eigenvalue weighted by Crippen LogP contribution is -2.24. The third kappa shape index (κ3) is 3.84. The van der Waals surface area contributed by atoms with Gasteiger partial charge in [-0.25, -0.2) is 21.9 Å². The van der Waals surface area contributed by atoms with Gasteiger partial charge in [-0.3, -0.25) is 0 Å². The maximum absolute atomic E-state index is 13.4. The standard InChI is InChI=1S/C14H14F2N2O2S/c15-12-4-5-14(16)11(7-12)9-18-21(19,20)13-3-1-2-10(6-13)8-17/h1-7,18H,8-9,17H2. The molecule has 0 amide bonds. The van der Waals surface area contributed by atoms with Crippen molar-refractivity contribution in [3.8, 4) is 0 Å². The van der Waals surface area contributed by atoms with E-state index in [0.717, 1.165) is 18.2 Å². The Kier molecular flexibility index (Phi) is 4.66. The molecule has 0 aliphatic carbocycles. The first-order valence-electron chi connectivity index (χ1n) is 6.15. The van der Waals surface area contributed by atoms with Crippen molar-refractivity contribution in [1.82, 2.24) is 4.72 Å². The smallest absolute Gasteiger partial charge is 0.240 e. The molecule has 7 heteroatoms. The number of hydrogen-bond acceptors (Lipinski definition) is 3. The molecule has 112 valence electrons. The fourth-order valence-electron chi connectivity index (χ4n) is 1.77. The highest BCUT2D eigenvalue weighted by Gasteiger charge is 2.15. The second-order valence-corrected chi connectivity index (χ2v) is 6.18. The van der Waals surface area contributed by atoms with Gasteiger partial charge in [0.25, 0.3) is 0 Å². The number of halogens is 2. The monoisotopic (exact) mass is 312 g/mol. The molecule has 2 aromatic rings. The maximum Gasteiger partial charge on any atom is 0.240 e. The van der Waals surface area contributed by atoms with Gasteiger partial charge >= 0.3 is 0 Å². The molecule has 0 saturated heterocycles. The molecule has 2 aromatic carbocycles. The summed E-state index contributed by atoms with van der Waals surface area (Å²) in [6.45, 7) is -0.124. The van der Waals surface area contributed by atoms with Gasteiger partial charge in [0.15, 0.2) is 0 Å². The fraction of sp³-hybridized carbons (Fsp3) is 0.143. The van der Waals surface area contributed by atoms with Crippen molar-refractivity contribution < 1.29 is 17.2 Å². The highest BCUT2D eigenvalue weighted by atomic mass is 32.2. The molecule has 0 heterocycles. The van der Waals surface area contributed by atoms with Gasteiger partial charge in [0.2, 0.25) is 10.0 Å². The Labute approximate surface area is 121 Å². The molecule has 0 aliphatic heterocycles. The molecule has 21 heavy (non-hydrogen) atoms. The molecular weight excluding hydrogens is 298 g/mol. The SMILES string of the molecule is NCc1cccc(S(=O)(=O)NCc2cc(F)ccc2F)c1. The number of nitrogens with two attached hydrogens (primary N) is 1. The van der Waals surface area contributed by atoms with Crippen LogP contribution in [0.15, 0.2) is 47.4 Å². The minimum atomic E-state index is -3.82.